The predicted molar refractivity (Wildman–Crippen MR) is 71.6 cm³/mol. The van der Waals surface area contributed by atoms with E-state index in [4.69, 9.17) is 0 Å². The zero-order valence-corrected chi connectivity index (χ0v) is 12.1. The average molecular weight is 379 g/mol. The van der Waals surface area contributed by atoms with E-state index < -0.39 is 11.6 Å². The van der Waals surface area contributed by atoms with E-state index >= 15 is 0 Å². The van der Waals surface area contributed by atoms with Crippen molar-refractivity contribution < 1.29 is 8.78 Å². The number of nitrogens with zero attached hydrogens (tertiary/aromatic N) is 1. The summed E-state index contributed by atoms with van der Waals surface area (Å²) in [4.78, 5) is 11.7. The number of hydrogen-bond donors (Lipinski definition) is 0. The van der Waals surface area contributed by atoms with Crippen LogP contribution < -0.4 is 5.56 Å². The molecular formula is C12H7Br2F2NO. The molecule has 0 atom stereocenters. The van der Waals surface area contributed by atoms with E-state index in [1.807, 2.05) is 0 Å². The standard InChI is InChI=1S/C12H7Br2F2NO/c13-8-3-4-10(15)7(11(8)16)6-17-5-1-2-9(14)12(17)18/h1-5H,6H2. The van der Waals surface area contributed by atoms with Gasteiger partial charge in [0.15, 0.2) is 0 Å². The molecule has 94 valence electrons. The fraction of sp³-hybridized carbons (Fsp3) is 0.0833. The summed E-state index contributed by atoms with van der Waals surface area (Å²) < 4.78 is 29.1. The molecule has 0 fully saturated rings. The van der Waals surface area contributed by atoms with Gasteiger partial charge in [-0.3, -0.25) is 4.79 Å². The van der Waals surface area contributed by atoms with Crippen LogP contribution in [0, 0.1) is 11.6 Å². The second-order valence-electron chi connectivity index (χ2n) is 3.61. The molecule has 0 radical (unpaired) electrons. The van der Waals surface area contributed by atoms with Crippen LogP contribution in [-0.4, -0.2) is 4.57 Å². The van der Waals surface area contributed by atoms with Gasteiger partial charge < -0.3 is 4.57 Å². The first kappa shape index (κ1) is 13.4. The minimum absolute atomic E-state index is 0.149. The second kappa shape index (κ2) is 5.32. The van der Waals surface area contributed by atoms with Gasteiger partial charge in [-0.25, -0.2) is 8.78 Å². The molecule has 0 N–H and O–H groups in total. The van der Waals surface area contributed by atoms with Gasteiger partial charge in [-0.15, -0.1) is 0 Å². The van der Waals surface area contributed by atoms with E-state index in [1.54, 1.807) is 12.1 Å². The lowest BCUT2D eigenvalue weighted by Gasteiger charge is -2.09. The largest absolute Gasteiger partial charge is 0.310 e. The van der Waals surface area contributed by atoms with Crippen LogP contribution in [0.25, 0.3) is 0 Å². The highest BCUT2D eigenvalue weighted by molar-refractivity contribution is 9.10. The summed E-state index contributed by atoms with van der Waals surface area (Å²) in [5.74, 6) is -1.37. The van der Waals surface area contributed by atoms with Crippen molar-refractivity contribution in [2.24, 2.45) is 0 Å². The third-order valence-electron chi connectivity index (χ3n) is 2.44. The lowest BCUT2D eigenvalue weighted by atomic mass is 10.2. The van der Waals surface area contributed by atoms with Crippen LogP contribution in [0.3, 0.4) is 0 Å². The molecule has 0 spiro atoms. The maximum absolute atomic E-state index is 13.8. The molecule has 1 aromatic heterocycles. The monoisotopic (exact) mass is 377 g/mol. The molecule has 0 aliphatic carbocycles. The van der Waals surface area contributed by atoms with Crippen molar-refractivity contribution in [3.63, 3.8) is 0 Å². The van der Waals surface area contributed by atoms with Crippen molar-refractivity contribution in [2.75, 3.05) is 0 Å². The Balaban J connectivity index is 2.50. The first-order chi connectivity index (χ1) is 8.50. The van der Waals surface area contributed by atoms with Gasteiger partial charge in [0, 0.05) is 11.8 Å². The van der Waals surface area contributed by atoms with Crippen molar-refractivity contribution in [2.45, 2.75) is 6.54 Å². The molecule has 0 aliphatic rings. The summed E-state index contributed by atoms with van der Waals surface area (Å²) >= 11 is 6.07. The van der Waals surface area contributed by atoms with Gasteiger partial charge >= 0.3 is 0 Å². The summed E-state index contributed by atoms with van der Waals surface area (Å²) in [7, 11) is 0. The zero-order valence-electron chi connectivity index (χ0n) is 8.96. The number of benzene rings is 1. The van der Waals surface area contributed by atoms with Crippen LogP contribution in [-0.2, 0) is 6.54 Å². The highest BCUT2D eigenvalue weighted by atomic mass is 79.9. The van der Waals surface area contributed by atoms with E-state index in [9.17, 15) is 13.6 Å². The van der Waals surface area contributed by atoms with Crippen molar-refractivity contribution >= 4 is 31.9 Å². The minimum atomic E-state index is -0.693. The Hall–Kier alpha value is -1.01. The molecule has 0 bridgehead atoms. The number of halogens is 4. The molecule has 2 rings (SSSR count). The molecule has 0 unspecified atom stereocenters. The van der Waals surface area contributed by atoms with E-state index in [2.05, 4.69) is 31.9 Å². The minimum Gasteiger partial charge on any atom is -0.310 e. The molecule has 0 amide bonds. The average Bonchev–Trinajstić information content (AvgIpc) is 2.35. The van der Waals surface area contributed by atoms with Crippen LogP contribution in [0.1, 0.15) is 5.56 Å². The molecule has 1 aromatic carbocycles. The molecule has 2 nitrogen and oxygen atoms in total. The Morgan fingerprint density at radius 3 is 2.56 bits per heavy atom. The van der Waals surface area contributed by atoms with Gasteiger partial charge in [-0.2, -0.15) is 0 Å². The number of aromatic nitrogens is 1. The number of pyridine rings is 1. The first-order valence-corrected chi connectivity index (χ1v) is 6.56. The first-order valence-electron chi connectivity index (χ1n) is 4.98. The molecule has 6 heteroatoms. The van der Waals surface area contributed by atoms with Crippen LogP contribution >= 0.6 is 31.9 Å². The zero-order chi connectivity index (χ0) is 13.3. The van der Waals surface area contributed by atoms with Crippen molar-refractivity contribution in [3.8, 4) is 0 Å². The summed E-state index contributed by atoms with van der Waals surface area (Å²) in [6, 6.07) is 5.65. The van der Waals surface area contributed by atoms with Crippen LogP contribution in [0.15, 0.2) is 44.2 Å². The SMILES string of the molecule is O=c1c(Br)cccn1Cc1c(F)ccc(Br)c1F. The Bertz CT molecular complexity index is 655. The van der Waals surface area contributed by atoms with Crippen LogP contribution in [0.2, 0.25) is 0 Å². The summed E-state index contributed by atoms with van der Waals surface area (Å²) in [5.41, 5.74) is -0.485. The van der Waals surface area contributed by atoms with Crippen molar-refractivity contribution in [1.82, 2.24) is 4.57 Å². The maximum Gasteiger partial charge on any atom is 0.265 e. The van der Waals surface area contributed by atoms with Gasteiger partial charge in [-0.1, -0.05) is 0 Å². The van der Waals surface area contributed by atoms with Gasteiger partial charge in [-0.05, 0) is 56.1 Å². The van der Waals surface area contributed by atoms with Gasteiger partial charge in [0.25, 0.3) is 5.56 Å². The molecule has 18 heavy (non-hydrogen) atoms. The predicted octanol–water partition coefficient (Wildman–Crippen LogP) is 3.70. The number of hydrogen-bond acceptors (Lipinski definition) is 1. The highest BCUT2D eigenvalue weighted by Gasteiger charge is 2.13. The lowest BCUT2D eigenvalue weighted by molar-refractivity contribution is 0.537. The molecule has 0 saturated carbocycles. The van der Waals surface area contributed by atoms with Crippen molar-refractivity contribution in [1.29, 1.82) is 0 Å². The molecule has 0 aliphatic heterocycles. The van der Waals surface area contributed by atoms with Gasteiger partial charge in [0.1, 0.15) is 11.6 Å². The van der Waals surface area contributed by atoms with Gasteiger partial charge in [0.2, 0.25) is 0 Å². The fourth-order valence-corrected chi connectivity index (χ4v) is 2.27. The van der Waals surface area contributed by atoms with E-state index in [0.29, 0.717) is 4.47 Å². The Morgan fingerprint density at radius 1 is 1.11 bits per heavy atom. The topological polar surface area (TPSA) is 22.0 Å². The second-order valence-corrected chi connectivity index (χ2v) is 5.32. The molecule has 2 aromatic rings. The normalized spacial score (nSPS) is 10.7. The number of rotatable bonds is 2. The Morgan fingerprint density at radius 2 is 1.83 bits per heavy atom. The third kappa shape index (κ3) is 2.54. The van der Waals surface area contributed by atoms with Crippen molar-refractivity contribution in [3.05, 3.63) is 67.0 Å². The van der Waals surface area contributed by atoms with E-state index in [0.717, 1.165) is 6.07 Å². The van der Waals surface area contributed by atoms with Gasteiger partial charge in [0.05, 0.1) is 15.5 Å². The maximum atomic E-state index is 13.8. The molecular weight excluding hydrogens is 372 g/mol. The third-order valence-corrected chi connectivity index (χ3v) is 3.66. The summed E-state index contributed by atoms with van der Waals surface area (Å²) in [5, 5.41) is 0. The molecule has 0 saturated heterocycles. The van der Waals surface area contributed by atoms with E-state index in [-0.39, 0.29) is 22.1 Å². The van der Waals surface area contributed by atoms with Crippen LogP contribution in [0.5, 0.6) is 0 Å². The smallest absolute Gasteiger partial charge is 0.265 e. The Labute approximate surface area is 119 Å². The lowest BCUT2D eigenvalue weighted by Crippen LogP contribution is -2.21. The quantitative estimate of drug-likeness (QED) is 0.730. The molecule has 1 heterocycles. The summed E-state index contributed by atoms with van der Waals surface area (Å²) in [6.45, 7) is -0.157. The Kier molecular flexibility index (Phi) is 3.97. The van der Waals surface area contributed by atoms with Crippen LogP contribution in [0.4, 0.5) is 8.78 Å². The summed E-state index contributed by atoms with van der Waals surface area (Å²) in [6.07, 6.45) is 1.48. The van der Waals surface area contributed by atoms with E-state index in [1.165, 1.54) is 16.8 Å². The highest BCUT2D eigenvalue weighted by Crippen LogP contribution is 2.22. The fourth-order valence-electron chi connectivity index (χ4n) is 1.52.